The second kappa shape index (κ2) is 9.73. The Morgan fingerprint density at radius 2 is 2.10 bits per heavy atom. The monoisotopic (exact) mass is 443 g/mol. The van der Waals surface area contributed by atoms with Gasteiger partial charge in [-0.25, -0.2) is 14.6 Å². The highest BCUT2D eigenvalue weighted by Gasteiger charge is 2.18. The van der Waals surface area contributed by atoms with E-state index < -0.39 is 4.92 Å². The maximum absolute atomic E-state index is 12.5. The van der Waals surface area contributed by atoms with Crippen LogP contribution in [0.4, 0.5) is 11.5 Å². The molecule has 0 radical (unpaired) electrons. The molecule has 2 heterocycles. The molecule has 0 saturated carbocycles. The minimum Gasteiger partial charge on any atom is -0.367 e. The lowest BCUT2D eigenvalue weighted by atomic mass is 10.1. The highest BCUT2D eigenvalue weighted by molar-refractivity contribution is 7.99. The van der Waals surface area contributed by atoms with Gasteiger partial charge in [0.2, 0.25) is 0 Å². The van der Waals surface area contributed by atoms with Crippen molar-refractivity contribution in [1.82, 2.24) is 25.1 Å². The second-order valence-electron chi connectivity index (χ2n) is 7.15. The van der Waals surface area contributed by atoms with E-state index in [-0.39, 0.29) is 23.2 Å². The summed E-state index contributed by atoms with van der Waals surface area (Å²) < 4.78 is 1.73. The number of nitrogens with one attached hydrogen (secondary N) is 2. The van der Waals surface area contributed by atoms with Gasteiger partial charge < -0.3 is 10.6 Å². The van der Waals surface area contributed by atoms with E-state index in [0.717, 1.165) is 17.0 Å². The summed E-state index contributed by atoms with van der Waals surface area (Å²) in [5.41, 5.74) is 1.24. The lowest BCUT2D eigenvalue weighted by Crippen LogP contribution is -2.28. The first-order chi connectivity index (χ1) is 14.8. The number of nitrogens with zero attached hydrogens (tertiary/aromatic N) is 5. The molecular weight excluding hydrogens is 418 g/mol. The molecular formula is C20H25N7O3S. The zero-order chi connectivity index (χ0) is 22.5. The van der Waals surface area contributed by atoms with Crippen LogP contribution in [0.1, 0.15) is 36.7 Å². The minimum atomic E-state index is -0.490. The summed E-state index contributed by atoms with van der Waals surface area (Å²) >= 11 is 1.55. The van der Waals surface area contributed by atoms with Crippen LogP contribution in [0.3, 0.4) is 0 Å². The molecule has 1 amide bonds. The number of rotatable bonds is 9. The molecule has 0 unspecified atom stereocenters. The van der Waals surface area contributed by atoms with E-state index in [1.54, 1.807) is 35.6 Å². The SMILES string of the molecule is CCSc1nc(NC(C)C)c2cnn(CCNC(=O)c3cccc([N+](=O)[O-])c3C)c2n1. The fraction of sp³-hybridized carbons (Fsp3) is 0.400. The Bertz CT molecular complexity index is 1110. The first-order valence-corrected chi connectivity index (χ1v) is 11.0. The molecule has 1 aromatic carbocycles. The lowest BCUT2D eigenvalue weighted by Gasteiger charge is -2.12. The van der Waals surface area contributed by atoms with Gasteiger partial charge in [0.15, 0.2) is 10.8 Å². The highest BCUT2D eigenvalue weighted by Crippen LogP contribution is 2.25. The van der Waals surface area contributed by atoms with E-state index in [2.05, 4.69) is 25.7 Å². The Morgan fingerprint density at radius 3 is 2.77 bits per heavy atom. The summed E-state index contributed by atoms with van der Waals surface area (Å²) in [5, 5.41) is 23.1. The quantitative estimate of drug-likeness (QED) is 0.223. The van der Waals surface area contributed by atoms with Gasteiger partial charge in [0.05, 0.1) is 23.1 Å². The summed E-state index contributed by atoms with van der Waals surface area (Å²) in [6.45, 7) is 8.38. The largest absolute Gasteiger partial charge is 0.367 e. The van der Waals surface area contributed by atoms with E-state index in [0.29, 0.717) is 29.5 Å². The zero-order valence-electron chi connectivity index (χ0n) is 17.9. The number of thioether (sulfide) groups is 1. The zero-order valence-corrected chi connectivity index (χ0v) is 18.7. The molecule has 2 N–H and O–H groups in total. The van der Waals surface area contributed by atoms with E-state index in [9.17, 15) is 14.9 Å². The van der Waals surface area contributed by atoms with Gasteiger partial charge >= 0.3 is 0 Å². The molecule has 164 valence electrons. The minimum absolute atomic E-state index is 0.0754. The van der Waals surface area contributed by atoms with Gasteiger partial charge in [-0.1, -0.05) is 24.8 Å². The molecule has 0 fully saturated rings. The first kappa shape index (κ1) is 22.5. The predicted octanol–water partition coefficient (Wildman–Crippen LogP) is 3.41. The fourth-order valence-corrected chi connectivity index (χ4v) is 3.68. The second-order valence-corrected chi connectivity index (χ2v) is 8.39. The van der Waals surface area contributed by atoms with Crippen molar-refractivity contribution in [2.45, 2.75) is 45.4 Å². The van der Waals surface area contributed by atoms with Gasteiger partial charge in [-0.2, -0.15) is 5.10 Å². The van der Waals surface area contributed by atoms with Crippen molar-refractivity contribution in [3.05, 3.63) is 45.6 Å². The van der Waals surface area contributed by atoms with Crippen molar-refractivity contribution < 1.29 is 9.72 Å². The predicted molar refractivity (Wildman–Crippen MR) is 121 cm³/mol. The Morgan fingerprint density at radius 1 is 1.32 bits per heavy atom. The van der Waals surface area contributed by atoms with Crippen LogP contribution in [0.15, 0.2) is 29.6 Å². The van der Waals surface area contributed by atoms with Crippen LogP contribution in [0, 0.1) is 17.0 Å². The fourth-order valence-electron chi connectivity index (χ4n) is 3.11. The molecule has 31 heavy (non-hydrogen) atoms. The number of aromatic nitrogens is 4. The molecule has 0 atom stereocenters. The number of hydrogen-bond acceptors (Lipinski definition) is 8. The van der Waals surface area contributed by atoms with Crippen molar-refractivity contribution >= 4 is 40.2 Å². The number of fused-ring (bicyclic) bond motifs is 1. The maximum Gasteiger partial charge on any atom is 0.273 e. The number of anilines is 1. The van der Waals surface area contributed by atoms with Gasteiger partial charge in [-0.15, -0.1) is 0 Å². The average Bonchev–Trinajstić information content (AvgIpc) is 3.11. The van der Waals surface area contributed by atoms with Gasteiger partial charge in [-0.3, -0.25) is 14.9 Å². The van der Waals surface area contributed by atoms with Crippen LogP contribution in [0.25, 0.3) is 11.0 Å². The van der Waals surface area contributed by atoms with Gasteiger partial charge in [0.1, 0.15) is 5.82 Å². The summed E-state index contributed by atoms with van der Waals surface area (Å²) in [5.74, 6) is 1.22. The van der Waals surface area contributed by atoms with Crippen molar-refractivity contribution in [1.29, 1.82) is 0 Å². The first-order valence-electron chi connectivity index (χ1n) is 9.96. The number of hydrogen-bond donors (Lipinski definition) is 2. The van der Waals surface area contributed by atoms with Crippen molar-refractivity contribution in [2.24, 2.45) is 0 Å². The summed E-state index contributed by atoms with van der Waals surface area (Å²) in [4.78, 5) is 32.4. The molecule has 0 bridgehead atoms. The van der Waals surface area contributed by atoms with Crippen LogP contribution in [-0.2, 0) is 6.54 Å². The average molecular weight is 444 g/mol. The number of carbonyl (C=O) groups excluding carboxylic acids is 1. The van der Waals surface area contributed by atoms with Crippen LogP contribution < -0.4 is 10.6 Å². The number of nitro benzene ring substituents is 1. The Balaban J connectivity index is 1.77. The van der Waals surface area contributed by atoms with Gasteiger partial charge in [0.25, 0.3) is 11.6 Å². The lowest BCUT2D eigenvalue weighted by molar-refractivity contribution is -0.385. The summed E-state index contributed by atoms with van der Waals surface area (Å²) in [6, 6.07) is 4.68. The molecule has 10 nitrogen and oxygen atoms in total. The van der Waals surface area contributed by atoms with E-state index in [1.165, 1.54) is 12.1 Å². The molecule has 0 saturated heterocycles. The van der Waals surface area contributed by atoms with Crippen molar-refractivity contribution in [3.63, 3.8) is 0 Å². The van der Waals surface area contributed by atoms with Gasteiger partial charge in [0, 0.05) is 29.8 Å². The number of benzene rings is 1. The van der Waals surface area contributed by atoms with Crippen molar-refractivity contribution in [2.75, 3.05) is 17.6 Å². The molecule has 3 rings (SSSR count). The molecule has 0 aliphatic rings. The Hall–Kier alpha value is -3.21. The molecule has 0 aliphatic heterocycles. The molecule has 11 heteroatoms. The van der Waals surface area contributed by atoms with Gasteiger partial charge in [-0.05, 0) is 32.6 Å². The molecule has 0 aliphatic carbocycles. The molecule has 0 spiro atoms. The smallest absolute Gasteiger partial charge is 0.273 e. The third kappa shape index (κ3) is 5.10. The summed E-state index contributed by atoms with van der Waals surface area (Å²) in [6.07, 6.45) is 1.72. The van der Waals surface area contributed by atoms with E-state index >= 15 is 0 Å². The standard InChI is InChI=1S/C20H25N7O3S/c1-5-31-20-24-17(23-12(2)3)15-11-22-26(18(15)25-20)10-9-21-19(28)14-7-6-8-16(13(14)4)27(29)30/h6-8,11-12H,5,9-10H2,1-4H3,(H,21,28)(H,23,24,25). The third-order valence-electron chi connectivity index (χ3n) is 4.53. The summed E-state index contributed by atoms with van der Waals surface area (Å²) in [7, 11) is 0. The number of nitro groups is 1. The Kier molecular flexibility index (Phi) is 7.06. The van der Waals surface area contributed by atoms with E-state index in [4.69, 9.17) is 0 Å². The topological polar surface area (TPSA) is 128 Å². The Labute approximate surface area is 184 Å². The highest BCUT2D eigenvalue weighted by atomic mass is 32.2. The molecule has 2 aromatic heterocycles. The van der Waals surface area contributed by atoms with Crippen molar-refractivity contribution in [3.8, 4) is 0 Å². The number of carbonyl (C=O) groups is 1. The van der Waals surface area contributed by atoms with Crippen LogP contribution in [0.5, 0.6) is 0 Å². The third-order valence-corrected chi connectivity index (χ3v) is 5.26. The maximum atomic E-state index is 12.5. The number of amides is 1. The normalized spacial score (nSPS) is 11.1. The van der Waals surface area contributed by atoms with Crippen LogP contribution in [0.2, 0.25) is 0 Å². The molecule has 3 aromatic rings. The van der Waals surface area contributed by atoms with E-state index in [1.807, 2.05) is 20.8 Å². The van der Waals surface area contributed by atoms with Crippen LogP contribution in [-0.4, -0.2) is 48.9 Å². The van der Waals surface area contributed by atoms with Crippen LogP contribution >= 0.6 is 11.8 Å².